The summed E-state index contributed by atoms with van der Waals surface area (Å²) in [5, 5.41) is 15.8. The fourth-order valence-corrected chi connectivity index (χ4v) is 1.69. The highest BCUT2D eigenvalue weighted by atomic mass is 16.5. The standard InChI is InChI=1S/C13H22N2O3/c1-8(2)12-6-11(15-18-12)13(17)14-7-9(3)5-10(4)16/h6,8-10,16H,5,7H2,1-4H3,(H,14,17). The van der Waals surface area contributed by atoms with Crippen molar-refractivity contribution in [3.05, 3.63) is 17.5 Å². The summed E-state index contributed by atoms with van der Waals surface area (Å²) in [6.07, 6.45) is 0.313. The second kappa shape index (κ2) is 6.54. The molecular formula is C13H22N2O3. The maximum absolute atomic E-state index is 11.8. The van der Waals surface area contributed by atoms with E-state index in [1.807, 2.05) is 20.8 Å². The third kappa shape index (κ3) is 4.49. The molecule has 1 rings (SSSR count). The third-order valence-corrected chi connectivity index (χ3v) is 2.68. The molecule has 0 fully saturated rings. The van der Waals surface area contributed by atoms with Crippen LogP contribution in [0.1, 0.15) is 56.3 Å². The predicted octanol–water partition coefficient (Wildman–Crippen LogP) is 1.93. The molecule has 0 aromatic carbocycles. The van der Waals surface area contributed by atoms with Crippen molar-refractivity contribution in [2.75, 3.05) is 6.54 Å². The zero-order valence-electron chi connectivity index (χ0n) is 11.4. The number of nitrogens with one attached hydrogen (secondary N) is 1. The minimum absolute atomic E-state index is 0.216. The quantitative estimate of drug-likeness (QED) is 0.813. The van der Waals surface area contributed by atoms with Crippen LogP contribution in [0.25, 0.3) is 0 Å². The average Bonchev–Trinajstić information content (AvgIpc) is 2.74. The number of amides is 1. The predicted molar refractivity (Wildman–Crippen MR) is 68.4 cm³/mol. The molecule has 1 aromatic rings. The number of aromatic nitrogens is 1. The van der Waals surface area contributed by atoms with Crippen LogP contribution in [0.4, 0.5) is 0 Å². The molecule has 0 spiro atoms. The zero-order valence-corrected chi connectivity index (χ0v) is 11.4. The van der Waals surface area contributed by atoms with Gasteiger partial charge in [-0.2, -0.15) is 0 Å². The molecule has 0 saturated carbocycles. The molecule has 1 aromatic heterocycles. The molecule has 0 bridgehead atoms. The van der Waals surface area contributed by atoms with E-state index in [0.717, 1.165) is 0 Å². The van der Waals surface area contributed by atoms with Gasteiger partial charge >= 0.3 is 0 Å². The Morgan fingerprint density at radius 2 is 2.11 bits per heavy atom. The normalized spacial score (nSPS) is 14.6. The van der Waals surface area contributed by atoms with Crippen LogP contribution in [0.2, 0.25) is 0 Å². The number of carbonyl (C=O) groups excluding carboxylic acids is 1. The fourth-order valence-electron chi connectivity index (χ4n) is 1.69. The lowest BCUT2D eigenvalue weighted by Crippen LogP contribution is -2.29. The fraction of sp³-hybridized carbons (Fsp3) is 0.692. The molecule has 102 valence electrons. The minimum Gasteiger partial charge on any atom is -0.393 e. The van der Waals surface area contributed by atoms with Crippen molar-refractivity contribution in [3.8, 4) is 0 Å². The van der Waals surface area contributed by atoms with Crippen LogP contribution in [-0.2, 0) is 0 Å². The first-order valence-corrected chi connectivity index (χ1v) is 6.33. The van der Waals surface area contributed by atoms with E-state index in [1.54, 1.807) is 13.0 Å². The highest BCUT2D eigenvalue weighted by Gasteiger charge is 2.15. The van der Waals surface area contributed by atoms with Gasteiger partial charge in [-0.15, -0.1) is 0 Å². The highest BCUT2D eigenvalue weighted by molar-refractivity contribution is 5.92. The number of nitrogens with zero attached hydrogens (tertiary/aromatic N) is 1. The van der Waals surface area contributed by atoms with Crippen molar-refractivity contribution in [1.82, 2.24) is 10.5 Å². The maximum Gasteiger partial charge on any atom is 0.273 e. The van der Waals surface area contributed by atoms with Crippen LogP contribution >= 0.6 is 0 Å². The molecule has 0 saturated heterocycles. The summed E-state index contributed by atoms with van der Waals surface area (Å²) in [7, 11) is 0. The molecule has 0 radical (unpaired) electrons. The van der Waals surface area contributed by atoms with Gasteiger partial charge in [0.2, 0.25) is 0 Å². The molecule has 5 heteroatoms. The monoisotopic (exact) mass is 254 g/mol. The first-order chi connectivity index (χ1) is 8.40. The van der Waals surface area contributed by atoms with Crippen LogP contribution in [0, 0.1) is 5.92 Å². The van der Waals surface area contributed by atoms with Crippen molar-refractivity contribution in [2.45, 2.75) is 46.1 Å². The number of aliphatic hydroxyl groups is 1. The van der Waals surface area contributed by atoms with Gasteiger partial charge in [-0.05, 0) is 19.3 Å². The summed E-state index contributed by atoms with van der Waals surface area (Å²) in [5.74, 6) is 0.916. The van der Waals surface area contributed by atoms with Gasteiger partial charge in [-0.25, -0.2) is 0 Å². The smallest absolute Gasteiger partial charge is 0.273 e. The maximum atomic E-state index is 11.8. The number of rotatable bonds is 6. The second-order valence-corrected chi connectivity index (χ2v) is 5.17. The van der Waals surface area contributed by atoms with Crippen molar-refractivity contribution in [2.24, 2.45) is 5.92 Å². The molecule has 2 N–H and O–H groups in total. The molecule has 0 aliphatic heterocycles. The first-order valence-electron chi connectivity index (χ1n) is 6.33. The van der Waals surface area contributed by atoms with Crippen LogP contribution in [0.5, 0.6) is 0 Å². The first kappa shape index (κ1) is 14.7. The third-order valence-electron chi connectivity index (χ3n) is 2.68. The minimum atomic E-state index is -0.350. The lowest BCUT2D eigenvalue weighted by atomic mass is 10.0. The number of carbonyl (C=O) groups is 1. The highest BCUT2D eigenvalue weighted by Crippen LogP contribution is 2.15. The van der Waals surface area contributed by atoms with Gasteiger partial charge in [0.1, 0.15) is 5.76 Å². The largest absolute Gasteiger partial charge is 0.393 e. The SMILES string of the molecule is CC(O)CC(C)CNC(=O)c1cc(C(C)C)on1. The van der Waals surface area contributed by atoms with Crippen LogP contribution in [0.15, 0.2) is 10.6 Å². The van der Waals surface area contributed by atoms with Crippen molar-refractivity contribution in [1.29, 1.82) is 0 Å². The summed E-state index contributed by atoms with van der Waals surface area (Å²) in [4.78, 5) is 11.8. The molecular weight excluding hydrogens is 232 g/mol. The Morgan fingerprint density at radius 1 is 1.44 bits per heavy atom. The average molecular weight is 254 g/mol. The molecule has 5 nitrogen and oxygen atoms in total. The van der Waals surface area contributed by atoms with E-state index in [1.165, 1.54) is 0 Å². The van der Waals surface area contributed by atoms with Crippen molar-refractivity contribution < 1.29 is 14.4 Å². The Kier molecular flexibility index (Phi) is 5.34. The summed E-state index contributed by atoms with van der Waals surface area (Å²) in [6.45, 7) is 8.20. The molecule has 2 unspecified atom stereocenters. The van der Waals surface area contributed by atoms with Crippen molar-refractivity contribution in [3.63, 3.8) is 0 Å². The zero-order chi connectivity index (χ0) is 13.7. The Balaban J connectivity index is 2.45. The molecule has 2 atom stereocenters. The summed E-state index contributed by atoms with van der Waals surface area (Å²) in [6, 6.07) is 1.67. The Labute approximate surface area is 108 Å². The molecule has 18 heavy (non-hydrogen) atoms. The van der Waals surface area contributed by atoms with E-state index in [-0.39, 0.29) is 23.8 Å². The van der Waals surface area contributed by atoms with E-state index >= 15 is 0 Å². The Bertz CT molecular complexity index is 385. The van der Waals surface area contributed by atoms with Gasteiger partial charge in [-0.1, -0.05) is 25.9 Å². The lowest BCUT2D eigenvalue weighted by Gasteiger charge is -2.13. The molecule has 1 heterocycles. The van der Waals surface area contributed by atoms with E-state index < -0.39 is 0 Å². The van der Waals surface area contributed by atoms with E-state index in [9.17, 15) is 9.90 Å². The van der Waals surface area contributed by atoms with Gasteiger partial charge in [-0.3, -0.25) is 4.79 Å². The van der Waals surface area contributed by atoms with Gasteiger partial charge in [0, 0.05) is 18.5 Å². The van der Waals surface area contributed by atoms with Crippen LogP contribution < -0.4 is 5.32 Å². The van der Waals surface area contributed by atoms with E-state index in [0.29, 0.717) is 24.4 Å². The van der Waals surface area contributed by atoms with Gasteiger partial charge < -0.3 is 14.9 Å². The van der Waals surface area contributed by atoms with E-state index in [2.05, 4.69) is 10.5 Å². The topological polar surface area (TPSA) is 75.4 Å². The van der Waals surface area contributed by atoms with Gasteiger partial charge in [0.25, 0.3) is 5.91 Å². The Hall–Kier alpha value is -1.36. The molecule has 0 aliphatic carbocycles. The summed E-state index contributed by atoms with van der Waals surface area (Å²) < 4.78 is 5.07. The Morgan fingerprint density at radius 3 is 2.61 bits per heavy atom. The van der Waals surface area contributed by atoms with Gasteiger partial charge in [0.05, 0.1) is 6.10 Å². The molecule has 0 aliphatic rings. The lowest BCUT2D eigenvalue weighted by molar-refractivity contribution is 0.0930. The molecule has 1 amide bonds. The van der Waals surface area contributed by atoms with Crippen molar-refractivity contribution >= 4 is 5.91 Å². The number of aliphatic hydroxyl groups excluding tert-OH is 1. The van der Waals surface area contributed by atoms with E-state index in [4.69, 9.17) is 4.52 Å². The summed E-state index contributed by atoms with van der Waals surface area (Å²) >= 11 is 0. The number of hydrogen-bond acceptors (Lipinski definition) is 4. The second-order valence-electron chi connectivity index (χ2n) is 5.17. The van der Waals surface area contributed by atoms with Crippen LogP contribution in [-0.4, -0.2) is 28.8 Å². The number of hydrogen-bond donors (Lipinski definition) is 2. The van der Waals surface area contributed by atoms with Gasteiger partial charge in [0.15, 0.2) is 5.69 Å². The van der Waals surface area contributed by atoms with Crippen LogP contribution in [0.3, 0.4) is 0 Å². The summed E-state index contributed by atoms with van der Waals surface area (Å²) in [5.41, 5.74) is 0.308.